The minimum Gasteiger partial charge on any atom is -0.369 e. The number of carbonyl (C=O) groups is 1. The minimum absolute atomic E-state index is 0.0659. The van der Waals surface area contributed by atoms with E-state index in [0.717, 1.165) is 0 Å². The molecule has 1 rings (SSSR count). The summed E-state index contributed by atoms with van der Waals surface area (Å²) in [6.45, 7) is 3.09. The third-order valence-electron chi connectivity index (χ3n) is 2.55. The molecule has 0 saturated heterocycles. The molecular formula is C11H14Br2N2O3S. The maximum absolute atomic E-state index is 12.2. The Morgan fingerprint density at radius 2 is 1.95 bits per heavy atom. The van der Waals surface area contributed by atoms with Crippen molar-refractivity contribution in [3.63, 3.8) is 0 Å². The molecular weight excluding hydrogens is 400 g/mol. The van der Waals surface area contributed by atoms with Gasteiger partial charge in [-0.25, -0.2) is 13.1 Å². The van der Waals surface area contributed by atoms with E-state index in [2.05, 4.69) is 36.6 Å². The molecule has 5 nitrogen and oxygen atoms in total. The van der Waals surface area contributed by atoms with Gasteiger partial charge in [0.05, 0.1) is 10.3 Å². The lowest BCUT2D eigenvalue weighted by Crippen LogP contribution is -2.42. The molecule has 0 atom stereocenters. The summed E-state index contributed by atoms with van der Waals surface area (Å²) in [7, 11) is -3.71. The van der Waals surface area contributed by atoms with E-state index >= 15 is 0 Å². The maximum atomic E-state index is 12.2. The summed E-state index contributed by atoms with van der Waals surface area (Å²) in [5.74, 6) is -0.566. The molecule has 19 heavy (non-hydrogen) atoms. The molecule has 1 aromatic carbocycles. The fraction of sp³-hybridized carbons (Fsp3) is 0.364. The first-order valence-electron chi connectivity index (χ1n) is 5.31. The molecule has 0 unspecified atom stereocenters. The molecule has 0 aliphatic carbocycles. The highest BCUT2D eigenvalue weighted by atomic mass is 79.9. The number of hydrogen-bond donors (Lipinski definition) is 2. The summed E-state index contributed by atoms with van der Waals surface area (Å²) in [6, 6.07) is 4.82. The van der Waals surface area contributed by atoms with Crippen molar-refractivity contribution in [2.24, 2.45) is 11.1 Å². The van der Waals surface area contributed by atoms with Gasteiger partial charge >= 0.3 is 0 Å². The number of hydrogen-bond acceptors (Lipinski definition) is 3. The van der Waals surface area contributed by atoms with Crippen molar-refractivity contribution >= 4 is 47.8 Å². The molecule has 0 heterocycles. The normalized spacial score (nSPS) is 12.4. The number of nitrogens with two attached hydrogens (primary N) is 1. The summed E-state index contributed by atoms with van der Waals surface area (Å²) in [4.78, 5) is 11.3. The number of nitrogens with one attached hydrogen (secondary N) is 1. The molecule has 0 bridgehead atoms. The van der Waals surface area contributed by atoms with E-state index in [1.165, 1.54) is 6.07 Å². The number of amides is 1. The number of primary amides is 1. The van der Waals surface area contributed by atoms with Crippen molar-refractivity contribution in [2.75, 3.05) is 6.54 Å². The summed E-state index contributed by atoms with van der Waals surface area (Å²) in [6.07, 6.45) is 0. The third kappa shape index (κ3) is 4.27. The standard InChI is InChI=1S/C11H14Br2N2O3S/c1-11(2,10(14)16)6-15-19(17,18)9-5-7(12)3-4-8(9)13/h3-5,15H,6H2,1-2H3,(H2,14,16). The van der Waals surface area contributed by atoms with Crippen LogP contribution in [0.1, 0.15) is 13.8 Å². The van der Waals surface area contributed by atoms with Crippen molar-refractivity contribution in [3.05, 3.63) is 27.1 Å². The predicted molar refractivity (Wildman–Crippen MR) is 80.0 cm³/mol. The van der Waals surface area contributed by atoms with Crippen LogP contribution in [0.2, 0.25) is 0 Å². The molecule has 0 spiro atoms. The van der Waals surface area contributed by atoms with Crippen LogP contribution >= 0.6 is 31.9 Å². The summed E-state index contributed by atoms with van der Waals surface area (Å²) >= 11 is 6.40. The van der Waals surface area contributed by atoms with Crippen molar-refractivity contribution in [2.45, 2.75) is 18.7 Å². The zero-order valence-corrected chi connectivity index (χ0v) is 14.4. The van der Waals surface area contributed by atoms with Crippen LogP contribution in [0.15, 0.2) is 32.0 Å². The van der Waals surface area contributed by atoms with E-state index in [9.17, 15) is 13.2 Å². The van der Waals surface area contributed by atoms with Crippen LogP contribution < -0.4 is 10.5 Å². The molecule has 0 radical (unpaired) electrons. The summed E-state index contributed by atoms with van der Waals surface area (Å²) < 4.78 is 27.8. The monoisotopic (exact) mass is 412 g/mol. The highest BCUT2D eigenvalue weighted by Gasteiger charge is 2.28. The third-order valence-corrected chi connectivity index (χ3v) is 5.44. The van der Waals surface area contributed by atoms with Gasteiger partial charge in [-0.1, -0.05) is 15.9 Å². The van der Waals surface area contributed by atoms with Crippen LogP contribution in [-0.2, 0) is 14.8 Å². The predicted octanol–water partition coefficient (Wildman–Crippen LogP) is 2.00. The van der Waals surface area contributed by atoms with Gasteiger partial charge in [0.25, 0.3) is 0 Å². The van der Waals surface area contributed by atoms with Gasteiger partial charge in [-0.2, -0.15) is 0 Å². The first kappa shape index (κ1) is 16.6. The summed E-state index contributed by atoms with van der Waals surface area (Å²) in [5, 5.41) is 0. The second-order valence-electron chi connectivity index (χ2n) is 4.65. The first-order valence-corrected chi connectivity index (χ1v) is 8.38. The van der Waals surface area contributed by atoms with Crippen molar-refractivity contribution in [1.29, 1.82) is 0 Å². The second-order valence-corrected chi connectivity index (χ2v) is 8.15. The molecule has 0 saturated carbocycles. The number of halogens is 2. The Labute approximate surface area is 129 Å². The van der Waals surface area contributed by atoms with Crippen molar-refractivity contribution < 1.29 is 13.2 Å². The van der Waals surface area contributed by atoms with Crippen LogP contribution in [0.25, 0.3) is 0 Å². The molecule has 8 heteroatoms. The van der Waals surface area contributed by atoms with Crippen molar-refractivity contribution in [3.8, 4) is 0 Å². The Balaban J connectivity index is 3.00. The zero-order chi connectivity index (χ0) is 14.8. The molecule has 0 aliphatic heterocycles. The quantitative estimate of drug-likeness (QED) is 0.773. The van der Waals surface area contributed by atoms with Gasteiger partial charge in [0.1, 0.15) is 0 Å². The lowest BCUT2D eigenvalue weighted by atomic mass is 9.93. The van der Waals surface area contributed by atoms with E-state index in [1.807, 2.05) is 0 Å². The molecule has 3 N–H and O–H groups in total. The highest BCUT2D eigenvalue weighted by molar-refractivity contribution is 9.11. The molecule has 0 aromatic heterocycles. The molecule has 1 amide bonds. The van der Waals surface area contributed by atoms with Gasteiger partial charge in [0, 0.05) is 15.5 Å². The Bertz CT molecular complexity index is 600. The van der Waals surface area contributed by atoms with Gasteiger partial charge in [-0.3, -0.25) is 4.79 Å². The van der Waals surface area contributed by atoms with Gasteiger partial charge in [0.2, 0.25) is 15.9 Å². The topological polar surface area (TPSA) is 89.3 Å². The van der Waals surface area contributed by atoms with E-state index in [4.69, 9.17) is 5.73 Å². The minimum atomic E-state index is -3.71. The molecule has 1 aromatic rings. The highest BCUT2D eigenvalue weighted by Crippen LogP contribution is 2.26. The van der Waals surface area contributed by atoms with Gasteiger partial charge < -0.3 is 5.73 Å². The zero-order valence-electron chi connectivity index (χ0n) is 10.4. The second kappa shape index (κ2) is 5.90. The van der Waals surface area contributed by atoms with E-state index in [-0.39, 0.29) is 11.4 Å². The molecule has 0 aliphatic rings. The fourth-order valence-corrected chi connectivity index (χ4v) is 3.84. The van der Waals surface area contributed by atoms with Gasteiger partial charge in [-0.05, 0) is 48.0 Å². The van der Waals surface area contributed by atoms with Gasteiger partial charge in [0.15, 0.2) is 0 Å². The SMILES string of the molecule is CC(C)(CNS(=O)(=O)c1cc(Br)ccc1Br)C(N)=O. The Hall–Kier alpha value is -0.440. The van der Waals surface area contributed by atoms with Gasteiger partial charge in [-0.15, -0.1) is 0 Å². The van der Waals surface area contributed by atoms with E-state index in [1.54, 1.807) is 26.0 Å². The number of sulfonamides is 1. The number of benzene rings is 1. The Morgan fingerprint density at radius 1 is 1.37 bits per heavy atom. The van der Waals surface area contributed by atoms with Crippen molar-refractivity contribution in [1.82, 2.24) is 4.72 Å². The van der Waals surface area contributed by atoms with Crippen LogP contribution in [0.3, 0.4) is 0 Å². The fourth-order valence-electron chi connectivity index (χ4n) is 1.12. The maximum Gasteiger partial charge on any atom is 0.241 e. The Kier molecular flexibility index (Phi) is 5.16. The molecule has 0 fully saturated rings. The van der Waals surface area contributed by atoms with Crippen LogP contribution in [-0.4, -0.2) is 20.9 Å². The van der Waals surface area contributed by atoms with E-state index in [0.29, 0.717) is 8.95 Å². The Morgan fingerprint density at radius 3 is 2.47 bits per heavy atom. The average molecular weight is 414 g/mol. The molecule has 106 valence electrons. The summed E-state index contributed by atoms with van der Waals surface area (Å²) in [5.41, 5.74) is 4.25. The van der Waals surface area contributed by atoms with E-state index < -0.39 is 21.3 Å². The first-order chi connectivity index (χ1) is 8.56. The lowest BCUT2D eigenvalue weighted by Gasteiger charge is -2.21. The average Bonchev–Trinajstić information content (AvgIpc) is 2.30. The lowest BCUT2D eigenvalue weighted by molar-refractivity contribution is -0.125. The largest absolute Gasteiger partial charge is 0.369 e. The van der Waals surface area contributed by atoms with Crippen LogP contribution in [0.4, 0.5) is 0 Å². The van der Waals surface area contributed by atoms with Crippen LogP contribution in [0, 0.1) is 5.41 Å². The number of rotatable bonds is 5. The van der Waals surface area contributed by atoms with Crippen LogP contribution in [0.5, 0.6) is 0 Å². The smallest absolute Gasteiger partial charge is 0.241 e. The number of carbonyl (C=O) groups excluding carboxylic acids is 1.